The van der Waals surface area contributed by atoms with E-state index in [-0.39, 0.29) is 0 Å². The summed E-state index contributed by atoms with van der Waals surface area (Å²) in [6.45, 7) is 0.756. The zero-order valence-corrected chi connectivity index (χ0v) is 7.92. The summed E-state index contributed by atoms with van der Waals surface area (Å²) in [5.41, 5.74) is 0.977. The Bertz CT molecular complexity index is 224. The number of carbonyl (C=O) groups is 1. The van der Waals surface area contributed by atoms with Gasteiger partial charge >= 0.3 is 0 Å². The average Bonchev–Trinajstić information content (AvgIpc) is 2.77. The summed E-state index contributed by atoms with van der Waals surface area (Å²) in [4.78, 5) is 11.0. The van der Waals surface area contributed by atoms with Crippen LogP contribution >= 0.6 is 0 Å². The predicted molar refractivity (Wildman–Crippen MR) is 50.5 cm³/mol. The normalized spacial score (nSPS) is 33.4. The summed E-state index contributed by atoms with van der Waals surface area (Å²) in [6, 6.07) is 0. The van der Waals surface area contributed by atoms with Gasteiger partial charge in [-0.05, 0) is 32.1 Å². The van der Waals surface area contributed by atoms with Crippen molar-refractivity contribution in [2.24, 2.45) is 0 Å². The molecule has 13 heavy (non-hydrogen) atoms. The lowest BCUT2D eigenvalue weighted by Crippen LogP contribution is -2.29. The fraction of sp³-hybridized carbons (Fsp3) is 0.727. The second-order valence-corrected chi connectivity index (χ2v) is 4.07. The smallest absolute Gasteiger partial charge is 0.152 e. The van der Waals surface area contributed by atoms with Crippen molar-refractivity contribution in [3.63, 3.8) is 0 Å². The van der Waals surface area contributed by atoms with E-state index in [0.29, 0.717) is 0 Å². The second kappa shape index (κ2) is 3.62. The molecule has 0 spiro atoms. The van der Waals surface area contributed by atoms with Crippen LogP contribution in [0.3, 0.4) is 0 Å². The molecule has 0 aromatic rings. The van der Waals surface area contributed by atoms with Crippen LogP contribution in [0.25, 0.3) is 0 Å². The molecule has 2 rings (SSSR count). The highest BCUT2D eigenvalue weighted by atomic mass is 16.5. The van der Waals surface area contributed by atoms with Crippen LogP contribution in [0.5, 0.6) is 0 Å². The van der Waals surface area contributed by atoms with Crippen molar-refractivity contribution in [3.8, 4) is 0 Å². The minimum Gasteiger partial charge on any atom is -0.367 e. The molecule has 0 aromatic carbocycles. The Labute approximate surface area is 79.0 Å². The summed E-state index contributed by atoms with van der Waals surface area (Å²) < 4.78 is 5.54. The van der Waals surface area contributed by atoms with Crippen LogP contribution < -0.4 is 0 Å². The zero-order chi connectivity index (χ0) is 9.15. The second-order valence-electron chi connectivity index (χ2n) is 4.07. The lowest BCUT2D eigenvalue weighted by molar-refractivity contribution is -0.125. The molecular formula is C11H16O2. The summed E-state index contributed by atoms with van der Waals surface area (Å²) in [7, 11) is 0. The molecule has 1 aliphatic heterocycles. The van der Waals surface area contributed by atoms with Gasteiger partial charge in [0, 0.05) is 13.0 Å². The largest absolute Gasteiger partial charge is 0.367 e. The van der Waals surface area contributed by atoms with Crippen LogP contribution in [-0.4, -0.2) is 18.5 Å². The first kappa shape index (κ1) is 8.95. The van der Waals surface area contributed by atoms with Gasteiger partial charge in [0.25, 0.3) is 0 Å². The highest BCUT2D eigenvalue weighted by molar-refractivity contribution is 5.63. The summed E-state index contributed by atoms with van der Waals surface area (Å²) in [5.74, 6) is 0. The third kappa shape index (κ3) is 1.83. The van der Waals surface area contributed by atoms with Gasteiger partial charge in [0.15, 0.2) is 6.29 Å². The molecule has 0 radical (unpaired) electrons. The van der Waals surface area contributed by atoms with Crippen LogP contribution in [0.2, 0.25) is 0 Å². The molecule has 1 heterocycles. The fourth-order valence-corrected chi connectivity index (χ4v) is 2.28. The van der Waals surface area contributed by atoms with Gasteiger partial charge in [-0.15, -0.1) is 0 Å². The summed E-state index contributed by atoms with van der Waals surface area (Å²) in [5, 5.41) is 0. The number of ether oxygens (including phenoxy) is 1. The van der Waals surface area contributed by atoms with E-state index in [0.717, 1.165) is 32.2 Å². The maximum Gasteiger partial charge on any atom is 0.152 e. The van der Waals surface area contributed by atoms with Gasteiger partial charge < -0.3 is 9.53 Å². The molecule has 72 valence electrons. The van der Waals surface area contributed by atoms with Gasteiger partial charge in [0.1, 0.15) is 5.60 Å². The first-order valence-electron chi connectivity index (χ1n) is 5.13. The number of carbonyl (C=O) groups excluding carboxylic acids is 1. The Morgan fingerprint density at radius 2 is 2.46 bits per heavy atom. The number of hydrogen-bond acceptors (Lipinski definition) is 2. The quantitative estimate of drug-likeness (QED) is 0.492. The van der Waals surface area contributed by atoms with Crippen LogP contribution in [0.15, 0.2) is 11.6 Å². The van der Waals surface area contributed by atoms with E-state index in [1.165, 1.54) is 24.8 Å². The molecule has 1 fully saturated rings. The van der Waals surface area contributed by atoms with E-state index in [1.54, 1.807) is 0 Å². The van der Waals surface area contributed by atoms with Crippen molar-refractivity contribution in [1.82, 2.24) is 0 Å². The van der Waals surface area contributed by atoms with E-state index in [2.05, 4.69) is 6.08 Å². The lowest BCUT2D eigenvalue weighted by atomic mass is 9.93. The van der Waals surface area contributed by atoms with Crippen LogP contribution in [0.1, 0.15) is 38.5 Å². The third-order valence-electron chi connectivity index (χ3n) is 3.01. The molecule has 0 saturated carbocycles. The van der Waals surface area contributed by atoms with Gasteiger partial charge in [-0.2, -0.15) is 0 Å². The van der Waals surface area contributed by atoms with Gasteiger partial charge in [-0.3, -0.25) is 0 Å². The van der Waals surface area contributed by atoms with E-state index in [9.17, 15) is 4.79 Å². The molecule has 0 bridgehead atoms. The highest BCUT2D eigenvalue weighted by Crippen LogP contribution is 2.33. The Kier molecular flexibility index (Phi) is 2.49. The van der Waals surface area contributed by atoms with E-state index in [4.69, 9.17) is 4.74 Å². The minimum absolute atomic E-state index is 0.448. The van der Waals surface area contributed by atoms with Crippen molar-refractivity contribution >= 4 is 6.29 Å². The first-order valence-corrected chi connectivity index (χ1v) is 5.13. The fourth-order valence-electron chi connectivity index (χ4n) is 2.28. The monoisotopic (exact) mass is 180 g/mol. The van der Waals surface area contributed by atoms with Gasteiger partial charge in [-0.25, -0.2) is 0 Å². The Balaban J connectivity index is 2.00. The molecule has 2 nitrogen and oxygen atoms in total. The Hall–Kier alpha value is -0.630. The van der Waals surface area contributed by atoms with Crippen molar-refractivity contribution in [3.05, 3.63) is 11.6 Å². The third-order valence-corrected chi connectivity index (χ3v) is 3.01. The Morgan fingerprint density at radius 3 is 3.00 bits per heavy atom. The van der Waals surface area contributed by atoms with Crippen molar-refractivity contribution in [2.75, 3.05) is 6.61 Å². The molecule has 1 aliphatic carbocycles. The maximum absolute atomic E-state index is 11.0. The zero-order valence-electron chi connectivity index (χ0n) is 7.92. The molecule has 1 saturated heterocycles. The predicted octanol–water partition coefficient (Wildman–Crippen LogP) is 2.23. The van der Waals surface area contributed by atoms with Crippen LogP contribution in [0, 0.1) is 0 Å². The maximum atomic E-state index is 11.0. The van der Waals surface area contributed by atoms with Gasteiger partial charge in [-0.1, -0.05) is 11.6 Å². The van der Waals surface area contributed by atoms with E-state index in [1.807, 2.05) is 0 Å². The highest BCUT2D eigenvalue weighted by Gasteiger charge is 2.35. The van der Waals surface area contributed by atoms with Gasteiger partial charge in [0.05, 0.1) is 0 Å². The van der Waals surface area contributed by atoms with Crippen molar-refractivity contribution in [1.29, 1.82) is 0 Å². The number of hydrogen-bond donors (Lipinski definition) is 0. The van der Waals surface area contributed by atoms with Crippen LogP contribution in [-0.2, 0) is 9.53 Å². The molecule has 1 unspecified atom stereocenters. The molecule has 2 heteroatoms. The van der Waals surface area contributed by atoms with E-state index < -0.39 is 5.60 Å². The number of allylic oxidation sites excluding steroid dienone is 1. The molecule has 0 aromatic heterocycles. The number of aldehydes is 1. The summed E-state index contributed by atoms with van der Waals surface area (Å²) >= 11 is 0. The first-order chi connectivity index (χ1) is 6.35. The standard InChI is InChI=1S/C11H16O2/c12-9-11(6-3-7-13-11)8-10-4-1-2-5-10/h4,9H,1-3,5-8H2. The molecule has 2 aliphatic rings. The van der Waals surface area contributed by atoms with Gasteiger partial charge in [0.2, 0.25) is 0 Å². The minimum atomic E-state index is -0.448. The van der Waals surface area contributed by atoms with Crippen molar-refractivity contribution < 1.29 is 9.53 Å². The molecule has 0 amide bonds. The van der Waals surface area contributed by atoms with E-state index >= 15 is 0 Å². The molecule has 1 atom stereocenters. The Morgan fingerprint density at radius 1 is 1.54 bits per heavy atom. The molecular weight excluding hydrogens is 164 g/mol. The topological polar surface area (TPSA) is 26.3 Å². The average molecular weight is 180 g/mol. The molecule has 0 N–H and O–H groups in total. The SMILES string of the molecule is O=CC1(CC2=CCCC2)CCCO1. The van der Waals surface area contributed by atoms with Crippen molar-refractivity contribution in [2.45, 2.75) is 44.1 Å². The number of rotatable bonds is 3. The summed E-state index contributed by atoms with van der Waals surface area (Å²) in [6.07, 6.45) is 9.68. The lowest BCUT2D eigenvalue weighted by Gasteiger charge is -2.21. The van der Waals surface area contributed by atoms with Crippen LogP contribution in [0.4, 0.5) is 0 Å².